The van der Waals surface area contributed by atoms with Crippen LogP contribution in [-0.2, 0) is 0 Å². The minimum Gasteiger partial charge on any atom is -0.162 e. The van der Waals surface area contributed by atoms with Crippen molar-refractivity contribution in [2.45, 2.75) is 27.7 Å². The Balaban J connectivity index is 2.31. The van der Waals surface area contributed by atoms with Gasteiger partial charge in [0.2, 0.25) is 0 Å². The van der Waals surface area contributed by atoms with Gasteiger partial charge in [0.05, 0.1) is 0 Å². The minimum absolute atomic E-state index is 0.324. The molecule has 0 saturated carbocycles. The van der Waals surface area contributed by atoms with Gasteiger partial charge in [0.25, 0.3) is 0 Å². The molecule has 0 N–H and O–H groups in total. The Hall–Kier alpha value is -0.794. The van der Waals surface area contributed by atoms with Crippen LogP contribution in [0.5, 0.6) is 0 Å². The summed E-state index contributed by atoms with van der Waals surface area (Å²) in [6, 6.07) is 13.7. The maximum absolute atomic E-state index is 2.32. The molecule has 0 heterocycles. The third kappa shape index (κ3) is 3.11. The fraction of sp³-hybridized carbons (Fsp3) is 0.250. The van der Waals surface area contributed by atoms with Gasteiger partial charge in [0, 0.05) is 0 Å². The summed E-state index contributed by atoms with van der Waals surface area (Å²) in [5.74, 6) is 0. The molecule has 2 aromatic carbocycles. The van der Waals surface area contributed by atoms with E-state index in [2.05, 4.69) is 64.1 Å². The molecule has 0 atom stereocenters. The second kappa shape index (κ2) is 5.24. The highest BCUT2D eigenvalue weighted by Crippen LogP contribution is 2.02. The zero-order chi connectivity index (χ0) is 12.4. The molecule has 0 bridgehead atoms. The van der Waals surface area contributed by atoms with Gasteiger partial charge < -0.3 is 0 Å². The van der Waals surface area contributed by atoms with E-state index < -0.39 is 0 Å². The van der Waals surface area contributed by atoms with E-state index in [1.807, 2.05) is 0 Å². The standard InChI is InChI=1S/2C8H9.Mg/c2*1-7-4-3-5-8(2)6-7;/h2*3-4,6H,1-2H3;. The van der Waals surface area contributed by atoms with E-state index in [4.69, 9.17) is 0 Å². The van der Waals surface area contributed by atoms with Crippen molar-refractivity contribution in [2.75, 3.05) is 0 Å². The van der Waals surface area contributed by atoms with E-state index in [1.54, 1.807) is 7.39 Å². The predicted octanol–water partition coefficient (Wildman–Crippen LogP) is 2.58. The third-order valence-corrected chi connectivity index (χ3v) is 5.73. The summed E-state index contributed by atoms with van der Waals surface area (Å²) in [6.07, 6.45) is 0. The van der Waals surface area contributed by atoms with Gasteiger partial charge in [-0.3, -0.25) is 0 Å². The molecule has 2 rings (SSSR count). The van der Waals surface area contributed by atoms with Crippen LogP contribution in [0.1, 0.15) is 22.3 Å². The minimum atomic E-state index is -0.324. The van der Waals surface area contributed by atoms with Gasteiger partial charge >= 0.3 is 20.4 Å². The van der Waals surface area contributed by atoms with Gasteiger partial charge in [-0.15, -0.1) is 0 Å². The maximum Gasteiger partial charge on any atom is 0.451 e. The van der Waals surface area contributed by atoms with Gasteiger partial charge in [0.1, 0.15) is 0 Å². The van der Waals surface area contributed by atoms with Crippen molar-refractivity contribution in [3.8, 4) is 0 Å². The van der Waals surface area contributed by atoms with Crippen LogP contribution < -0.4 is 7.39 Å². The maximum atomic E-state index is 2.32. The Morgan fingerprint density at radius 3 is 1.41 bits per heavy atom. The summed E-state index contributed by atoms with van der Waals surface area (Å²) in [6.45, 7) is 8.79. The molecule has 0 aliphatic carbocycles. The lowest BCUT2D eigenvalue weighted by Gasteiger charge is -2.09. The van der Waals surface area contributed by atoms with Crippen molar-refractivity contribution in [3.63, 3.8) is 0 Å². The Kier molecular flexibility index (Phi) is 3.90. The Bertz CT molecular complexity index is 492. The highest BCUT2D eigenvalue weighted by Gasteiger charge is 2.07. The highest BCUT2D eigenvalue weighted by molar-refractivity contribution is 6.68. The molecule has 0 saturated heterocycles. The quantitative estimate of drug-likeness (QED) is 0.701. The van der Waals surface area contributed by atoms with Gasteiger partial charge in [-0.2, -0.15) is 7.39 Å². The molecular weight excluding hydrogens is 216 g/mol. The first-order valence-electron chi connectivity index (χ1n) is 6.18. The van der Waals surface area contributed by atoms with Gasteiger partial charge in [-0.1, -0.05) is 58.7 Å². The third-order valence-electron chi connectivity index (χ3n) is 3.38. The van der Waals surface area contributed by atoms with Crippen molar-refractivity contribution in [1.82, 2.24) is 0 Å². The van der Waals surface area contributed by atoms with Crippen molar-refractivity contribution < 1.29 is 0 Å². The van der Waals surface area contributed by atoms with Crippen LogP contribution in [0.25, 0.3) is 0 Å². The van der Waals surface area contributed by atoms with E-state index in [9.17, 15) is 0 Å². The first-order valence-corrected chi connectivity index (χ1v) is 7.60. The fourth-order valence-electron chi connectivity index (χ4n) is 2.29. The van der Waals surface area contributed by atoms with Crippen molar-refractivity contribution in [1.29, 1.82) is 0 Å². The summed E-state index contributed by atoms with van der Waals surface area (Å²) < 4.78 is 3.14. The molecular formula is C16H18Mg. The SMILES string of the molecule is Cc1cc[c]([Mg][c]2ccc(C)cc2C)c(C)c1. The topological polar surface area (TPSA) is 0 Å². The summed E-state index contributed by atoms with van der Waals surface area (Å²) in [4.78, 5) is 0. The zero-order valence-corrected chi connectivity index (χ0v) is 12.6. The number of benzene rings is 2. The van der Waals surface area contributed by atoms with E-state index in [-0.39, 0.29) is 20.4 Å². The summed E-state index contributed by atoms with van der Waals surface area (Å²) in [5, 5.41) is 0. The lowest BCUT2D eigenvalue weighted by atomic mass is 10.1. The van der Waals surface area contributed by atoms with Crippen LogP contribution in [0.3, 0.4) is 0 Å². The molecule has 2 aromatic rings. The average molecular weight is 235 g/mol. The van der Waals surface area contributed by atoms with Gasteiger partial charge in [-0.25, -0.2) is 0 Å². The number of hydrogen-bond donors (Lipinski definition) is 0. The molecule has 17 heavy (non-hydrogen) atoms. The molecule has 0 amide bonds. The van der Waals surface area contributed by atoms with Crippen LogP contribution in [0, 0.1) is 27.7 Å². The molecule has 1 heteroatoms. The molecule has 0 unspecified atom stereocenters. The molecule has 0 spiro atoms. The lowest BCUT2D eigenvalue weighted by Crippen LogP contribution is -2.30. The number of rotatable bonds is 2. The van der Waals surface area contributed by atoms with E-state index in [0.717, 1.165) is 0 Å². The monoisotopic (exact) mass is 234 g/mol. The van der Waals surface area contributed by atoms with Crippen LogP contribution >= 0.6 is 0 Å². The van der Waals surface area contributed by atoms with Crippen molar-refractivity contribution >= 4 is 27.8 Å². The average Bonchev–Trinajstić information content (AvgIpc) is 2.25. The van der Waals surface area contributed by atoms with E-state index >= 15 is 0 Å². The Labute approximate surface area is 114 Å². The molecule has 0 aliphatic rings. The Morgan fingerprint density at radius 2 is 1.06 bits per heavy atom. The largest absolute Gasteiger partial charge is 0.451 e. The summed E-state index contributed by atoms with van der Waals surface area (Å²) in [5.41, 5.74) is 5.63. The van der Waals surface area contributed by atoms with Gasteiger partial charge in [0.15, 0.2) is 0 Å². The van der Waals surface area contributed by atoms with E-state index in [1.165, 1.54) is 22.3 Å². The molecule has 0 aliphatic heterocycles. The van der Waals surface area contributed by atoms with Crippen LogP contribution in [0.4, 0.5) is 0 Å². The van der Waals surface area contributed by atoms with Crippen molar-refractivity contribution in [3.05, 3.63) is 58.7 Å². The second-order valence-corrected chi connectivity index (χ2v) is 6.91. The van der Waals surface area contributed by atoms with E-state index in [0.29, 0.717) is 0 Å². The second-order valence-electron chi connectivity index (χ2n) is 5.04. The first kappa shape index (κ1) is 12.7. The molecule has 0 nitrogen and oxygen atoms in total. The Morgan fingerprint density at radius 1 is 0.647 bits per heavy atom. The lowest BCUT2D eigenvalue weighted by molar-refractivity contribution is 1.40. The zero-order valence-electron chi connectivity index (χ0n) is 11.2. The first-order chi connectivity index (χ1) is 8.06. The number of aryl methyl sites for hydroxylation is 4. The molecule has 0 aromatic heterocycles. The smallest absolute Gasteiger partial charge is 0.162 e. The highest BCUT2D eigenvalue weighted by atomic mass is 24.5. The van der Waals surface area contributed by atoms with Crippen LogP contribution in [0.15, 0.2) is 36.4 Å². The normalized spacial score (nSPS) is 10.1. The molecule has 84 valence electrons. The van der Waals surface area contributed by atoms with Crippen molar-refractivity contribution in [2.24, 2.45) is 0 Å². The van der Waals surface area contributed by atoms with Crippen LogP contribution in [0.2, 0.25) is 0 Å². The summed E-state index contributed by atoms with van der Waals surface area (Å²) in [7, 11) is 0. The van der Waals surface area contributed by atoms with Gasteiger partial charge in [-0.05, 0) is 27.7 Å². The molecule has 0 radical (unpaired) electrons. The molecule has 0 fully saturated rings. The summed E-state index contributed by atoms with van der Waals surface area (Å²) >= 11 is -0.324. The predicted molar refractivity (Wildman–Crippen MR) is 76.9 cm³/mol. The fourth-order valence-corrected chi connectivity index (χ4v) is 3.94. The number of hydrogen-bond acceptors (Lipinski definition) is 0. The van der Waals surface area contributed by atoms with Crippen LogP contribution in [-0.4, -0.2) is 20.4 Å².